The number of nitrogen functional groups attached to an aromatic ring is 1. The minimum Gasteiger partial charge on any atom is -0.384 e. The first-order valence-electron chi connectivity index (χ1n) is 2.80. The van der Waals surface area contributed by atoms with Crippen LogP contribution in [0.3, 0.4) is 0 Å². The van der Waals surface area contributed by atoms with E-state index in [9.17, 15) is 13.2 Å². The quantitative estimate of drug-likeness (QED) is 0.639. The summed E-state index contributed by atoms with van der Waals surface area (Å²) in [4.78, 5) is 3.09. The van der Waals surface area contributed by atoms with Crippen LogP contribution in [0.2, 0.25) is 0 Å². The molecule has 60 valence electrons. The Morgan fingerprint density at radius 1 is 1.36 bits per heavy atom. The van der Waals surface area contributed by atoms with E-state index in [0.29, 0.717) is 6.07 Å². The predicted octanol–water partition coefficient (Wildman–Crippen LogP) is 1.74. The van der Waals surface area contributed by atoms with Crippen LogP contribution in [0.5, 0.6) is 0 Å². The van der Waals surface area contributed by atoms with Crippen LogP contribution in [0.25, 0.3) is 0 Å². The van der Waals surface area contributed by atoms with Gasteiger partial charge in [0.15, 0.2) is 0 Å². The van der Waals surface area contributed by atoms with Crippen LogP contribution in [0.4, 0.5) is 19.0 Å². The van der Waals surface area contributed by atoms with Crippen molar-refractivity contribution in [3.63, 3.8) is 0 Å². The van der Waals surface area contributed by atoms with Crippen molar-refractivity contribution in [1.29, 1.82) is 0 Å². The lowest BCUT2D eigenvalue weighted by molar-refractivity contribution is 0.151. The first-order chi connectivity index (χ1) is 5.09. The van der Waals surface area contributed by atoms with E-state index in [0.717, 1.165) is 6.07 Å². The molecule has 0 aliphatic carbocycles. The highest BCUT2D eigenvalue weighted by atomic mass is 19.3. The van der Waals surface area contributed by atoms with E-state index < -0.39 is 17.9 Å². The third-order valence-corrected chi connectivity index (χ3v) is 1.09. The van der Waals surface area contributed by atoms with Crippen molar-refractivity contribution in [2.24, 2.45) is 0 Å². The molecule has 0 fully saturated rings. The molecule has 0 unspecified atom stereocenters. The van der Waals surface area contributed by atoms with E-state index in [2.05, 4.69) is 4.98 Å². The van der Waals surface area contributed by atoms with E-state index in [1.54, 1.807) is 0 Å². The summed E-state index contributed by atoms with van der Waals surface area (Å²) in [6.45, 7) is 0. The van der Waals surface area contributed by atoms with Crippen molar-refractivity contribution >= 4 is 5.82 Å². The summed E-state index contributed by atoms with van der Waals surface area (Å²) in [5, 5.41) is 0. The fourth-order valence-electron chi connectivity index (χ4n) is 0.664. The van der Waals surface area contributed by atoms with Crippen molar-refractivity contribution in [2.75, 3.05) is 5.73 Å². The zero-order valence-electron chi connectivity index (χ0n) is 5.39. The van der Waals surface area contributed by atoms with Crippen LogP contribution in [0.15, 0.2) is 12.1 Å². The molecule has 1 heterocycles. The number of nitrogens with two attached hydrogens (primary N) is 1. The molecule has 1 aromatic heterocycles. The van der Waals surface area contributed by atoms with Gasteiger partial charge in [-0.15, -0.1) is 0 Å². The Morgan fingerprint density at radius 3 is 2.45 bits per heavy atom. The van der Waals surface area contributed by atoms with Gasteiger partial charge in [-0.2, -0.15) is 4.39 Å². The van der Waals surface area contributed by atoms with Gasteiger partial charge < -0.3 is 5.73 Å². The number of hydrogen-bond donors (Lipinski definition) is 1. The summed E-state index contributed by atoms with van der Waals surface area (Å²) in [6, 6.07) is 1.59. The Balaban J connectivity index is 3.08. The van der Waals surface area contributed by atoms with Gasteiger partial charge in [-0.3, -0.25) is 0 Å². The zero-order valence-corrected chi connectivity index (χ0v) is 5.39. The van der Waals surface area contributed by atoms with Gasteiger partial charge in [-0.1, -0.05) is 0 Å². The van der Waals surface area contributed by atoms with E-state index in [4.69, 9.17) is 5.73 Å². The fourth-order valence-corrected chi connectivity index (χ4v) is 0.664. The van der Waals surface area contributed by atoms with Crippen molar-refractivity contribution in [1.82, 2.24) is 4.98 Å². The van der Waals surface area contributed by atoms with Gasteiger partial charge in [0, 0.05) is 11.6 Å². The van der Waals surface area contributed by atoms with Gasteiger partial charge in [0.2, 0.25) is 5.95 Å². The summed E-state index contributed by atoms with van der Waals surface area (Å²) in [6.07, 6.45) is -2.71. The molecule has 2 nitrogen and oxygen atoms in total. The molecule has 0 spiro atoms. The molecule has 0 saturated carbocycles. The molecule has 2 N–H and O–H groups in total. The minimum absolute atomic E-state index is 0.236. The minimum atomic E-state index is -2.71. The maximum Gasteiger partial charge on any atom is 0.264 e. The van der Waals surface area contributed by atoms with Gasteiger partial charge in [0.25, 0.3) is 6.43 Å². The van der Waals surface area contributed by atoms with E-state index >= 15 is 0 Å². The number of alkyl halides is 2. The molecule has 0 aliphatic heterocycles. The SMILES string of the molecule is Nc1cc(C(F)F)cc(F)n1. The first kappa shape index (κ1) is 7.84. The van der Waals surface area contributed by atoms with Crippen LogP contribution in [0, 0.1) is 5.95 Å². The number of rotatable bonds is 1. The summed E-state index contributed by atoms with van der Waals surface area (Å²) < 4.78 is 36.0. The number of pyridine rings is 1. The fraction of sp³-hybridized carbons (Fsp3) is 0.167. The average molecular weight is 162 g/mol. The van der Waals surface area contributed by atoms with Gasteiger partial charge in [-0.05, 0) is 6.07 Å². The number of hydrogen-bond acceptors (Lipinski definition) is 2. The second-order valence-electron chi connectivity index (χ2n) is 1.95. The second kappa shape index (κ2) is 2.77. The van der Waals surface area contributed by atoms with Crippen LogP contribution in [0.1, 0.15) is 12.0 Å². The number of nitrogens with zero attached hydrogens (tertiary/aromatic N) is 1. The molecule has 0 bridgehead atoms. The molecule has 0 atom stereocenters. The van der Waals surface area contributed by atoms with Crippen LogP contribution in [-0.2, 0) is 0 Å². The van der Waals surface area contributed by atoms with Crippen molar-refractivity contribution in [3.8, 4) is 0 Å². The summed E-state index contributed by atoms with van der Waals surface area (Å²) >= 11 is 0. The lowest BCUT2D eigenvalue weighted by Crippen LogP contribution is -1.96. The van der Waals surface area contributed by atoms with Gasteiger partial charge >= 0.3 is 0 Å². The van der Waals surface area contributed by atoms with E-state index in [-0.39, 0.29) is 5.82 Å². The van der Waals surface area contributed by atoms with Crippen LogP contribution < -0.4 is 5.73 Å². The highest BCUT2D eigenvalue weighted by Gasteiger charge is 2.09. The Morgan fingerprint density at radius 2 is 2.00 bits per heavy atom. The van der Waals surface area contributed by atoms with Gasteiger partial charge in [0.05, 0.1) is 0 Å². The Labute approximate surface area is 60.9 Å². The molecule has 0 aromatic carbocycles. The van der Waals surface area contributed by atoms with Crippen molar-refractivity contribution in [2.45, 2.75) is 6.43 Å². The molecule has 0 saturated heterocycles. The average Bonchev–Trinajstić information content (AvgIpc) is 1.85. The Kier molecular flexibility index (Phi) is 1.98. The number of halogens is 3. The molecule has 0 aliphatic rings. The predicted molar refractivity (Wildman–Crippen MR) is 33.6 cm³/mol. The summed E-state index contributed by atoms with van der Waals surface area (Å²) in [5.74, 6) is -1.22. The van der Waals surface area contributed by atoms with Crippen molar-refractivity contribution < 1.29 is 13.2 Å². The molecular formula is C6H5F3N2. The zero-order chi connectivity index (χ0) is 8.43. The van der Waals surface area contributed by atoms with E-state index in [1.165, 1.54) is 0 Å². The third kappa shape index (κ3) is 1.83. The smallest absolute Gasteiger partial charge is 0.264 e. The lowest BCUT2D eigenvalue weighted by atomic mass is 10.3. The van der Waals surface area contributed by atoms with Gasteiger partial charge in [0.1, 0.15) is 5.82 Å². The maximum atomic E-state index is 12.3. The van der Waals surface area contributed by atoms with Gasteiger partial charge in [-0.25, -0.2) is 13.8 Å². The monoisotopic (exact) mass is 162 g/mol. The highest BCUT2D eigenvalue weighted by Crippen LogP contribution is 2.19. The van der Waals surface area contributed by atoms with E-state index in [1.807, 2.05) is 0 Å². The maximum absolute atomic E-state index is 12.3. The molecule has 1 rings (SSSR count). The molecule has 0 radical (unpaired) electrons. The first-order valence-corrected chi connectivity index (χ1v) is 2.80. The van der Waals surface area contributed by atoms with Crippen LogP contribution >= 0.6 is 0 Å². The summed E-state index contributed by atoms with van der Waals surface area (Å²) in [7, 11) is 0. The highest BCUT2D eigenvalue weighted by molar-refractivity contribution is 5.32. The number of aromatic nitrogens is 1. The van der Waals surface area contributed by atoms with Crippen LogP contribution in [-0.4, -0.2) is 4.98 Å². The largest absolute Gasteiger partial charge is 0.384 e. The lowest BCUT2D eigenvalue weighted by Gasteiger charge is -1.99. The molecule has 0 amide bonds. The normalized spacial score (nSPS) is 10.5. The molecule has 1 aromatic rings. The Bertz CT molecular complexity index is 242. The van der Waals surface area contributed by atoms with Crippen molar-refractivity contribution in [3.05, 3.63) is 23.6 Å². The molecular weight excluding hydrogens is 157 g/mol. The standard InChI is InChI=1S/C6H5F3N2/c7-4-1-3(6(8)9)2-5(10)11-4/h1-2,6H,(H2,10,11). The Hall–Kier alpha value is -1.26. The second-order valence-corrected chi connectivity index (χ2v) is 1.95. The molecule has 11 heavy (non-hydrogen) atoms. The summed E-state index contributed by atoms with van der Waals surface area (Å²) in [5.41, 5.74) is 4.56. The number of anilines is 1. The third-order valence-electron chi connectivity index (χ3n) is 1.09. The molecule has 5 heteroatoms. The topological polar surface area (TPSA) is 38.9 Å².